The SMILES string of the molecule is COc1ccccc1C(=O)C(F)C(=O)OC(C)C. The summed E-state index contributed by atoms with van der Waals surface area (Å²) in [6, 6.07) is 6.13. The Balaban J connectivity index is 2.89. The van der Waals surface area contributed by atoms with Crippen LogP contribution < -0.4 is 4.74 Å². The molecule has 0 aliphatic rings. The van der Waals surface area contributed by atoms with Gasteiger partial charge in [0.2, 0.25) is 5.78 Å². The van der Waals surface area contributed by atoms with Crippen molar-refractivity contribution in [1.82, 2.24) is 0 Å². The van der Waals surface area contributed by atoms with Gasteiger partial charge >= 0.3 is 5.97 Å². The molecule has 1 aromatic carbocycles. The summed E-state index contributed by atoms with van der Waals surface area (Å²) in [5, 5.41) is 0. The number of hydrogen-bond acceptors (Lipinski definition) is 4. The van der Waals surface area contributed by atoms with Gasteiger partial charge < -0.3 is 9.47 Å². The van der Waals surface area contributed by atoms with Gasteiger partial charge in [0.05, 0.1) is 18.8 Å². The molecule has 0 saturated heterocycles. The lowest BCUT2D eigenvalue weighted by Gasteiger charge is -2.12. The number of rotatable bonds is 5. The first-order valence-electron chi connectivity index (χ1n) is 5.49. The highest BCUT2D eigenvalue weighted by molar-refractivity contribution is 6.12. The molecule has 1 atom stereocenters. The van der Waals surface area contributed by atoms with Gasteiger partial charge in [-0.15, -0.1) is 0 Å². The van der Waals surface area contributed by atoms with Crippen molar-refractivity contribution < 1.29 is 23.5 Å². The fourth-order valence-corrected chi connectivity index (χ4v) is 1.38. The average Bonchev–Trinajstić information content (AvgIpc) is 2.36. The summed E-state index contributed by atoms with van der Waals surface area (Å²) >= 11 is 0. The minimum atomic E-state index is -2.33. The highest BCUT2D eigenvalue weighted by atomic mass is 19.1. The molecule has 0 bridgehead atoms. The first-order valence-corrected chi connectivity index (χ1v) is 5.49. The lowest BCUT2D eigenvalue weighted by Crippen LogP contribution is -2.30. The molecule has 0 amide bonds. The average molecular weight is 254 g/mol. The largest absolute Gasteiger partial charge is 0.496 e. The van der Waals surface area contributed by atoms with Crippen molar-refractivity contribution in [2.75, 3.05) is 7.11 Å². The Labute approximate surface area is 105 Å². The van der Waals surface area contributed by atoms with Crippen molar-refractivity contribution in [2.45, 2.75) is 26.1 Å². The van der Waals surface area contributed by atoms with Crippen molar-refractivity contribution >= 4 is 11.8 Å². The summed E-state index contributed by atoms with van der Waals surface area (Å²) in [4.78, 5) is 23.1. The van der Waals surface area contributed by atoms with Crippen molar-refractivity contribution in [3.05, 3.63) is 29.8 Å². The number of hydrogen-bond donors (Lipinski definition) is 0. The summed E-state index contributed by atoms with van der Waals surface area (Å²) in [6.45, 7) is 3.16. The number of para-hydroxylation sites is 1. The maximum Gasteiger partial charge on any atom is 0.349 e. The normalized spacial score (nSPS) is 12.1. The van der Waals surface area contributed by atoms with Crippen LogP contribution in [0.2, 0.25) is 0 Å². The van der Waals surface area contributed by atoms with Gasteiger partial charge in [-0.25, -0.2) is 9.18 Å². The minimum Gasteiger partial charge on any atom is -0.496 e. The quantitative estimate of drug-likeness (QED) is 0.459. The standard InChI is InChI=1S/C13H15FO4/c1-8(2)18-13(16)11(14)12(15)9-6-4-5-7-10(9)17-3/h4-8,11H,1-3H3. The summed E-state index contributed by atoms with van der Waals surface area (Å²) < 4.78 is 23.3. The molecular weight excluding hydrogens is 239 g/mol. The molecule has 0 fully saturated rings. The maximum absolute atomic E-state index is 13.7. The lowest BCUT2D eigenvalue weighted by atomic mass is 10.1. The molecule has 0 aliphatic heterocycles. The van der Waals surface area contributed by atoms with Crippen LogP contribution in [0.15, 0.2) is 24.3 Å². The summed E-state index contributed by atoms with van der Waals surface area (Å²) in [6.07, 6.45) is -2.80. The lowest BCUT2D eigenvalue weighted by molar-refractivity contribution is -0.151. The van der Waals surface area contributed by atoms with Gasteiger partial charge in [0.1, 0.15) is 5.75 Å². The second-order valence-electron chi connectivity index (χ2n) is 3.91. The van der Waals surface area contributed by atoms with Crippen LogP contribution in [-0.4, -0.2) is 31.1 Å². The second-order valence-corrected chi connectivity index (χ2v) is 3.91. The van der Waals surface area contributed by atoms with Gasteiger partial charge in [-0.05, 0) is 26.0 Å². The van der Waals surface area contributed by atoms with Crippen molar-refractivity contribution in [1.29, 1.82) is 0 Å². The Morgan fingerprint density at radius 2 is 1.83 bits per heavy atom. The first-order chi connectivity index (χ1) is 8.47. The van der Waals surface area contributed by atoms with Crippen molar-refractivity contribution in [3.8, 4) is 5.75 Å². The van der Waals surface area contributed by atoms with E-state index in [-0.39, 0.29) is 11.3 Å². The monoisotopic (exact) mass is 254 g/mol. The fraction of sp³-hybridized carbons (Fsp3) is 0.385. The number of Topliss-reactive ketones (excluding diaryl/α,β-unsaturated/α-hetero) is 1. The number of halogens is 1. The number of carbonyl (C=O) groups excluding carboxylic acids is 2. The van der Waals surface area contributed by atoms with E-state index in [1.807, 2.05) is 0 Å². The van der Waals surface area contributed by atoms with Crippen LogP contribution in [0.3, 0.4) is 0 Å². The summed E-state index contributed by atoms with van der Waals surface area (Å²) in [5.41, 5.74) is 0.0215. The van der Waals surface area contributed by atoms with Crippen LogP contribution >= 0.6 is 0 Å². The van der Waals surface area contributed by atoms with E-state index in [1.165, 1.54) is 19.2 Å². The van der Waals surface area contributed by atoms with Crippen LogP contribution in [-0.2, 0) is 9.53 Å². The van der Waals surface area contributed by atoms with Gasteiger partial charge in [0, 0.05) is 0 Å². The van der Waals surface area contributed by atoms with E-state index >= 15 is 0 Å². The molecule has 0 saturated carbocycles. The van der Waals surface area contributed by atoms with E-state index in [4.69, 9.17) is 4.74 Å². The predicted octanol–water partition coefficient (Wildman–Crippen LogP) is 2.17. The summed E-state index contributed by atoms with van der Waals surface area (Å²) in [5.74, 6) is -1.92. The number of esters is 1. The Morgan fingerprint density at radius 1 is 1.22 bits per heavy atom. The molecule has 5 heteroatoms. The number of ether oxygens (including phenoxy) is 2. The van der Waals surface area contributed by atoms with E-state index < -0.39 is 24.0 Å². The van der Waals surface area contributed by atoms with Gasteiger partial charge in [-0.1, -0.05) is 12.1 Å². The molecule has 0 aromatic heterocycles. The van der Waals surface area contributed by atoms with E-state index in [0.29, 0.717) is 0 Å². The number of methoxy groups -OCH3 is 1. The van der Waals surface area contributed by atoms with Crippen molar-refractivity contribution in [2.24, 2.45) is 0 Å². The highest BCUT2D eigenvalue weighted by Gasteiger charge is 2.31. The minimum absolute atomic E-state index is 0.0215. The Morgan fingerprint density at radius 3 is 2.39 bits per heavy atom. The topological polar surface area (TPSA) is 52.6 Å². The van der Waals surface area contributed by atoms with Crippen LogP contribution in [0.1, 0.15) is 24.2 Å². The molecule has 1 aromatic rings. The Bertz CT molecular complexity index is 442. The van der Waals surface area contributed by atoms with Crippen LogP contribution in [0, 0.1) is 0 Å². The third-order valence-electron chi connectivity index (χ3n) is 2.16. The van der Waals surface area contributed by atoms with E-state index in [9.17, 15) is 14.0 Å². The third kappa shape index (κ3) is 3.29. The molecule has 1 unspecified atom stereocenters. The van der Waals surface area contributed by atoms with Crippen LogP contribution in [0.25, 0.3) is 0 Å². The van der Waals surface area contributed by atoms with Crippen molar-refractivity contribution in [3.63, 3.8) is 0 Å². The molecule has 0 radical (unpaired) electrons. The molecular formula is C13H15FO4. The van der Waals surface area contributed by atoms with E-state index in [0.717, 1.165) is 0 Å². The Kier molecular flexibility index (Phi) is 4.83. The van der Waals surface area contributed by atoms with E-state index in [2.05, 4.69) is 4.74 Å². The number of ketones is 1. The predicted molar refractivity (Wildman–Crippen MR) is 63.4 cm³/mol. The number of benzene rings is 1. The molecule has 98 valence electrons. The third-order valence-corrected chi connectivity index (χ3v) is 2.16. The maximum atomic E-state index is 13.7. The smallest absolute Gasteiger partial charge is 0.349 e. The summed E-state index contributed by atoms with van der Waals surface area (Å²) in [7, 11) is 1.37. The molecule has 4 nitrogen and oxygen atoms in total. The van der Waals surface area contributed by atoms with Crippen LogP contribution in [0.4, 0.5) is 4.39 Å². The zero-order chi connectivity index (χ0) is 13.7. The fourth-order valence-electron chi connectivity index (χ4n) is 1.38. The molecule has 1 rings (SSSR count). The number of alkyl halides is 1. The molecule has 0 aliphatic carbocycles. The molecule has 0 spiro atoms. The first kappa shape index (κ1) is 14.2. The van der Waals surface area contributed by atoms with Gasteiger partial charge in [-0.2, -0.15) is 0 Å². The molecule has 18 heavy (non-hydrogen) atoms. The van der Waals surface area contributed by atoms with Gasteiger partial charge in [0.25, 0.3) is 6.17 Å². The van der Waals surface area contributed by atoms with Crippen LogP contribution in [0.5, 0.6) is 5.75 Å². The Hall–Kier alpha value is -1.91. The molecule has 0 N–H and O–H groups in total. The second kappa shape index (κ2) is 6.14. The zero-order valence-corrected chi connectivity index (χ0v) is 10.5. The zero-order valence-electron chi connectivity index (χ0n) is 10.5. The molecule has 0 heterocycles. The van der Waals surface area contributed by atoms with E-state index in [1.54, 1.807) is 26.0 Å². The highest BCUT2D eigenvalue weighted by Crippen LogP contribution is 2.20. The van der Waals surface area contributed by atoms with Gasteiger partial charge in [0.15, 0.2) is 0 Å². The van der Waals surface area contributed by atoms with Gasteiger partial charge in [-0.3, -0.25) is 4.79 Å². The number of carbonyl (C=O) groups is 2.